The number of hydrogen-bond acceptors (Lipinski definition) is 4. The minimum absolute atomic E-state index is 0.176. The Balaban J connectivity index is 2.43. The van der Waals surface area contributed by atoms with E-state index in [2.05, 4.69) is 36.5 Å². The summed E-state index contributed by atoms with van der Waals surface area (Å²) in [4.78, 5) is 1.26. The molecule has 1 aromatic carbocycles. The van der Waals surface area contributed by atoms with Gasteiger partial charge in [-0.25, -0.2) is 0 Å². The third-order valence-corrected chi connectivity index (χ3v) is 3.47. The number of aliphatic hydroxyl groups excluding tert-OH is 1. The predicted molar refractivity (Wildman–Crippen MR) is 72.5 cm³/mol. The van der Waals surface area contributed by atoms with E-state index in [9.17, 15) is 0 Å². The first-order valence-corrected chi connectivity index (χ1v) is 6.82. The molecule has 0 aliphatic heterocycles. The molecular weight excluding hydrogens is 234 g/mol. The van der Waals surface area contributed by atoms with E-state index in [0.29, 0.717) is 6.54 Å². The molecule has 0 saturated heterocycles. The second kappa shape index (κ2) is 8.53. The van der Waals surface area contributed by atoms with Crippen molar-refractivity contribution in [2.24, 2.45) is 0 Å². The molecule has 1 atom stereocenters. The van der Waals surface area contributed by atoms with Crippen LogP contribution in [0.1, 0.15) is 18.5 Å². The van der Waals surface area contributed by atoms with Crippen molar-refractivity contribution < 1.29 is 9.84 Å². The number of rotatable bonds is 8. The van der Waals surface area contributed by atoms with Crippen molar-refractivity contribution >= 4 is 11.8 Å². The summed E-state index contributed by atoms with van der Waals surface area (Å²) < 4.78 is 5.02. The zero-order chi connectivity index (χ0) is 12.5. The van der Waals surface area contributed by atoms with Crippen LogP contribution in [0.5, 0.6) is 0 Å². The molecule has 2 N–H and O–H groups in total. The number of ether oxygens (including phenoxy) is 1. The molecule has 17 heavy (non-hydrogen) atoms. The van der Waals surface area contributed by atoms with E-state index < -0.39 is 0 Å². The predicted octanol–water partition coefficient (Wildman–Crippen LogP) is 2.07. The van der Waals surface area contributed by atoms with Crippen molar-refractivity contribution in [1.29, 1.82) is 0 Å². The Morgan fingerprint density at radius 1 is 1.35 bits per heavy atom. The molecule has 0 amide bonds. The largest absolute Gasteiger partial charge is 0.395 e. The highest BCUT2D eigenvalue weighted by Gasteiger charge is 2.03. The Hall–Kier alpha value is -0.550. The maximum atomic E-state index is 8.75. The van der Waals surface area contributed by atoms with Gasteiger partial charge in [0.05, 0.1) is 13.2 Å². The van der Waals surface area contributed by atoms with Crippen LogP contribution in [-0.4, -0.2) is 37.7 Å². The van der Waals surface area contributed by atoms with Gasteiger partial charge in [0.25, 0.3) is 0 Å². The molecule has 1 rings (SSSR count). The summed E-state index contributed by atoms with van der Waals surface area (Å²) >= 11 is 1.80. The molecule has 0 aromatic heterocycles. The number of hydrogen-bond donors (Lipinski definition) is 2. The van der Waals surface area contributed by atoms with E-state index in [1.807, 2.05) is 0 Å². The van der Waals surface area contributed by atoms with Crippen molar-refractivity contribution in [1.82, 2.24) is 5.32 Å². The van der Waals surface area contributed by atoms with E-state index in [4.69, 9.17) is 9.84 Å². The van der Waals surface area contributed by atoms with Gasteiger partial charge in [0.2, 0.25) is 0 Å². The lowest BCUT2D eigenvalue weighted by Gasteiger charge is -2.13. The standard InChI is InChI=1S/C13H21NO2S/c1-11(14-7-8-15)12-3-5-13(6-4-12)17-10-9-16-2/h3-6,11,14-15H,7-10H2,1-2H3. The lowest BCUT2D eigenvalue weighted by atomic mass is 10.1. The maximum absolute atomic E-state index is 8.75. The third kappa shape index (κ3) is 5.55. The molecular formula is C13H21NO2S. The van der Waals surface area contributed by atoms with Crippen molar-refractivity contribution in [2.75, 3.05) is 32.6 Å². The summed E-state index contributed by atoms with van der Waals surface area (Å²) in [5, 5.41) is 12.0. The minimum Gasteiger partial charge on any atom is -0.395 e. The summed E-state index contributed by atoms with van der Waals surface area (Å²) in [6.07, 6.45) is 0. The first-order chi connectivity index (χ1) is 8.27. The molecule has 0 saturated carbocycles. The van der Waals surface area contributed by atoms with Gasteiger partial charge in [-0.05, 0) is 24.6 Å². The van der Waals surface area contributed by atoms with Gasteiger partial charge in [0.15, 0.2) is 0 Å². The van der Waals surface area contributed by atoms with Gasteiger partial charge in [0, 0.05) is 30.3 Å². The summed E-state index contributed by atoms with van der Waals surface area (Å²) in [7, 11) is 1.72. The van der Waals surface area contributed by atoms with Crippen molar-refractivity contribution in [2.45, 2.75) is 17.9 Å². The lowest BCUT2D eigenvalue weighted by molar-refractivity contribution is 0.218. The lowest BCUT2D eigenvalue weighted by Crippen LogP contribution is -2.21. The highest BCUT2D eigenvalue weighted by molar-refractivity contribution is 7.99. The van der Waals surface area contributed by atoms with Crippen LogP contribution in [0.2, 0.25) is 0 Å². The fourth-order valence-electron chi connectivity index (χ4n) is 1.49. The first kappa shape index (κ1) is 14.5. The zero-order valence-electron chi connectivity index (χ0n) is 10.5. The van der Waals surface area contributed by atoms with Gasteiger partial charge in [0.1, 0.15) is 0 Å². The maximum Gasteiger partial charge on any atom is 0.0556 e. The molecule has 96 valence electrons. The second-order valence-corrected chi connectivity index (χ2v) is 4.98. The van der Waals surface area contributed by atoms with Crippen LogP contribution in [0, 0.1) is 0 Å². The van der Waals surface area contributed by atoms with Gasteiger partial charge in [-0.1, -0.05) is 12.1 Å². The highest BCUT2D eigenvalue weighted by atomic mass is 32.2. The van der Waals surface area contributed by atoms with E-state index in [0.717, 1.165) is 12.4 Å². The molecule has 0 aliphatic carbocycles. The van der Waals surface area contributed by atoms with Crippen molar-refractivity contribution in [3.05, 3.63) is 29.8 Å². The van der Waals surface area contributed by atoms with E-state index in [1.165, 1.54) is 10.5 Å². The number of benzene rings is 1. The SMILES string of the molecule is COCCSc1ccc(C(C)NCCO)cc1. The molecule has 0 heterocycles. The molecule has 1 unspecified atom stereocenters. The quantitative estimate of drug-likeness (QED) is 0.551. The zero-order valence-corrected chi connectivity index (χ0v) is 11.3. The van der Waals surface area contributed by atoms with Crippen LogP contribution in [-0.2, 0) is 4.74 Å². The highest BCUT2D eigenvalue weighted by Crippen LogP contribution is 2.20. The van der Waals surface area contributed by atoms with Crippen LogP contribution >= 0.6 is 11.8 Å². The average Bonchev–Trinajstić information content (AvgIpc) is 2.37. The topological polar surface area (TPSA) is 41.5 Å². The Kier molecular flexibility index (Phi) is 7.28. The smallest absolute Gasteiger partial charge is 0.0556 e. The van der Waals surface area contributed by atoms with E-state index in [-0.39, 0.29) is 12.6 Å². The Bertz CT molecular complexity index is 303. The summed E-state index contributed by atoms with van der Waals surface area (Å²) in [5.74, 6) is 0.980. The molecule has 0 spiro atoms. The van der Waals surface area contributed by atoms with Crippen LogP contribution in [0.3, 0.4) is 0 Å². The van der Waals surface area contributed by atoms with E-state index in [1.54, 1.807) is 18.9 Å². The van der Waals surface area contributed by atoms with Crippen molar-refractivity contribution in [3.8, 4) is 0 Å². The monoisotopic (exact) mass is 255 g/mol. The normalized spacial score (nSPS) is 12.6. The second-order valence-electron chi connectivity index (χ2n) is 3.81. The van der Waals surface area contributed by atoms with E-state index >= 15 is 0 Å². The third-order valence-electron chi connectivity index (χ3n) is 2.50. The Morgan fingerprint density at radius 3 is 2.65 bits per heavy atom. The number of methoxy groups -OCH3 is 1. The number of aliphatic hydroxyl groups is 1. The van der Waals surface area contributed by atoms with Gasteiger partial charge < -0.3 is 15.2 Å². The molecule has 0 aliphatic rings. The fourth-order valence-corrected chi connectivity index (χ4v) is 2.31. The Morgan fingerprint density at radius 2 is 2.06 bits per heavy atom. The molecule has 3 nitrogen and oxygen atoms in total. The van der Waals surface area contributed by atoms with Crippen molar-refractivity contribution in [3.63, 3.8) is 0 Å². The van der Waals surface area contributed by atoms with Gasteiger partial charge in [-0.2, -0.15) is 0 Å². The molecule has 0 bridgehead atoms. The van der Waals surface area contributed by atoms with Gasteiger partial charge in [-0.3, -0.25) is 0 Å². The number of nitrogens with one attached hydrogen (secondary N) is 1. The van der Waals surface area contributed by atoms with Crippen LogP contribution in [0.4, 0.5) is 0 Å². The fraction of sp³-hybridized carbons (Fsp3) is 0.538. The van der Waals surface area contributed by atoms with Gasteiger partial charge in [-0.15, -0.1) is 11.8 Å². The molecule has 1 aromatic rings. The van der Waals surface area contributed by atoms with Gasteiger partial charge >= 0.3 is 0 Å². The molecule has 0 fully saturated rings. The minimum atomic E-state index is 0.176. The summed E-state index contributed by atoms with van der Waals surface area (Å²) in [6, 6.07) is 8.80. The summed E-state index contributed by atoms with van der Waals surface area (Å²) in [5.41, 5.74) is 1.24. The molecule has 4 heteroatoms. The average molecular weight is 255 g/mol. The molecule has 0 radical (unpaired) electrons. The van der Waals surface area contributed by atoms with Crippen LogP contribution in [0.15, 0.2) is 29.2 Å². The summed E-state index contributed by atoms with van der Waals surface area (Å²) in [6.45, 7) is 3.68. The number of thioether (sulfide) groups is 1. The van der Waals surface area contributed by atoms with Crippen LogP contribution < -0.4 is 5.32 Å². The van der Waals surface area contributed by atoms with Crippen LogP contribution in [0.25, 0.3) is 0 Å². The Labute approximate surface area is 108 Å². The first-order valence-electron chi connectivity index (χ1n) is 5.84.